The number of amides is 3. The van der Waals surface area contributed by atoms with E-state index < -0.39 is 0 Å². The summed E-state index contributed by atoms with van der Waals surface area (Å²) >= 11 is 0. The van der Waals surface area contributed by atoms with E-state index in [0.29, 0.717) is 11.8 Å². The Bertz CT molecular complexity index is 506. The summed E-state index contributed by atoms with van der Waals surface area (Å²) in [7, 11) is 0. The van der Waals surface area contributed by atoms with Crippen molar-refractivity contribution in [1.29, 1.82) is 0 Å². The molecule has 3 amide bonds. The van der Waals surface area contributed by atoms with Gasteiger partial charge in [-0.25, -0.2) is 4.79 Å². The van der Waals surface area contributed by atoms with Crippen LogP contribution in [0.4, 0.5) is 10.5 Å². The molecule has 3 rings (SSSR count). The summed E-state index contributed by atoms with van der Waals surface area (Å²) in [6.07, 6.45) is 3.77. The van der Waals surface area contributed by atoms with Crippen molar-refractivity contribution < 1.29 is 9.59 Å². The largest absolute Gasteiger partial charge is 0.329 e. The van der Waals surface area contributed by atoms with E-state index in [1.54, 1.807) is 0 Å². The molecule has 5 heteroatoms. The van der Waals surface area contributed by atoms with Crippen molar-refractivity contribution in [3.63, 3.8) is 0 Å². The number of fused-ring (bicyclic) bond motifs is 1. The lowest BCUT2D eigenvalue weighted by Crippen LogP contribution is -2.42. The van der Waals surface area contributed by atoms with Gasteiger partial charge in [-0.05, 0) is 36.8 Å². The minimum absolute atomic E-state index is 0.0135. The van der Waals surface area contributed by atoms with Gasteiger partial charge in [0.25, 0.3) is 0 Å². The third kappa shape index (κ3) is 3.35. The Morgan fingerprint density at radius 3 is 2.43 bits per heavy atom. The molecular weight excluding hydrogens is 266 g/mol. The predicted molar refractivity (Wildman–Crippen MR) is 80.9 cm³/mol. The van der Waals surface area contributed by atoms with Crippen LogP contribution in [0.1, 0.15) is 19.3 Å². The summed E-state index contributed by atoms with van der Waals surface area (Å²) in [6.45, 7) is 1.70. The molecule has 1 saturated heterocycles. The summed E-state index contributed by atoms with van der Waals surface area (Å²) in [5.41, 5.74) is 0.743. The molecule has 2 fully saturated rings. The predicted octanol–water partition coefficient (Wildman–Crippen LogP) is 2.07. The zero-order chi connectivity index (χ0) is 14.7. The molecule has 2 aliphatic rings. The molecule has 0 aromatic heterocycles. The monoisotopic (exact) mass is 287 g/mol. The minimum Gasteiger partial charge on any atom is -0.329 e. The summed E-state index contributed by atoms with van der Waals surface area (Å²) in [4.78, 5) is 25.7. The summed E-state index contributed by atoms with van der Waals surface area (Å²) < 4.78 is 0. The lowest BCUT2D eigenvalue weighted by atomic mass is 10.0. The molecule has 0 spiro atoms. The number of hydrogen-bond acceptors (Lipinski definition) is 2. The highest BCUT2D eigenvalue weighted by molar-refractivity contribution is 5.94. The fraction of sp³-hybridized carbons (Fsp3) is 0.500. The van der Waals surface area contributed by atoms with Crippen molar-refractivity contribution >= 4 is 17.6 Å². The van der Waals surface area contributed by atoms with E-state index >= 15 is 0 Å². The number of nitrogens with one attached hydrogen (secondary N) is 2. The van der Waals surface area contributed by atoms with Crippen molar-refractivity contribution in [2.24, 2.45) is 11.8 Å². The van der Waals surface area contributed by atoms with Gasteiger partial charge in [0, 0.05) is 18.8 Å². The maximum atomic E-state index is 12.1. The van der Waals surface area contributed by atoms with Gasteiger partial charge in [-0.2, -0.15) is 0 Å². The standard InChI is InChI=1S/C16H21N3O2/c20-15(18-14-7-2-1-3-8-14)9-17-16(21)19-10-12-5-4-6-13(12)11-19/h1-3,7-8,12-13H,4-6,9-11H2,(H,17,21)(H,18,20)/t12-,13-/m1/s1. The topological polar surface area (TPSA) is 61.4 Å². The van der Waals surface area contributed by atoms with Crippen LogP contribution in [0.15, 0.2) is 30.3 Å². The number of likely N-dealkylation sites (tertiary alicyclic amines) is 1. The van der Waals surface area contributed by atoms with Crippen molar-refractivity contribution in [1.82, 2.24) is 10.2 Å². The average molecular weight is 287 g/mol. The van der Waals surface area contributed by atoms with Crippen molar-refractivity contribution in [2.45, 2.75) is 19.3 Å². The number of hydrogen-bond donors (Lipinski definition) is 2. The van der Waals surface area contributed by atoms with Crippen LogP contribution in [0.2, 0.25) is 0 Å². The zero-order valence-corrected chi connectivity index (χ0v) is 12.0. The van der Waals surface area contributed by atoms with Gasteiger partial charge in [0.1, 0.15) is 0 Å². The third-order valence-corrected chi connectivity index (χ3v) is 4.47. The van der Waals surface area contributed by atoms with Crippen LogP contribution >= 0.6 is 0 Å². The van der Waals surface area contributed by atoms with E-state index in [2.05, 4.69) is 10.6 Å². The molecule has 112 valence electrons. The first-order chi connectivity index (χ1) is 10.2. The summed E-state index contributed by atoms with van der Waals surface area (Å²) in [5.74, 6) is 1.15. The molecule has 5 nitrogen and oxygen atoms in total. The molecule has 1 aliphatic carbocycles. The molecule has 1 aromatic rings. The van der Waals surface area contributed by atoms with E-state index in [1.807, 2.05) is 35.2 Å². The highest BCUT2D eigenvalue weighted by Gasteiger charge is 2.37. The van der Waals surface area contributed by atoms with E-state index in [1.165, 1.54) is 19.3 Å². The Hall–Kier alpha value is -2.04. The maximum Gasteiger partial charge on any atom is 0.317 e. The second-order valence-electron chi connectivity index (χ2n) is 5.93. The third-order valence-electron chi connectivity index (χ3n) is 4.47. The normalized spacial score (nSPS) is 23.7. The first kappa shape index (κ1) is 13.9. The van der Waals surface area contributed by atoms with Crippen LogP contribution < -0.4 is 10.6 Å². The molecule has 0 bridgehead atoms. The minimum atomic E-state index is -0.200. The Kier molecular flexibility index (Phi) is 4.08. The second-order valence-corrected chi connectivity index (χ2v) is 5.93. The summed E-state index contributed by atoms with van der Waals surface area (Å²) in [5, 5.41) is 5.46. The van der Waals surface area contributed by atoms with Gasteiger partial charge in [-0.15, -0.1) is 0 Å². The molecule has 1 heterocycles. The lowest BCUT2D eigenvalue weighted by Gasteiger charge is -2.17. The van der Waals surface area contributed by atoms with Gasteiger partial charge in [0.2, 0.25) is 5.91 Å². The fourth-order valence-electron chi connectivity index (χ4n) is 3.40. The number of carbonyl (C=O) groups excluding carboxylic acids is 2. The number of rotatable bonds is 3. The number of para-hydroxylation sites is 1. The second kappa shape index (κ2) is 6.16. The number of nitrogens with zero attached hydrogens (tertiary/aromatic N) is 1. The quantitative estimate of drug-likeness (QED) is 0.894. The van der Waals surface area contributed by atoms with Crippen LogP contribution in [0.25, 0.3) is 0 Å². The smallest absolute Gasteiger partial charge is 0.317 e. The Morgan fingerprint density at radius 1 is 1.10 bits per heavy atom. The van der Waals surface area contributed by atoms with Crippen LogP contribution in [0.5, 0.6) is 0 Å². The van der Waals surface area contributed by atoms with Crippen molar-refractivity contribution in [3.05, 3.63) is 30.3 Å². The zero-order valence-electron chi connectivity index (χ0n) is 12.0. The Labute approximate surface area is 124 Å². The van der Waals surface area contributed by atoms with E-state index in [4.69, 9.17) is 0 Å². The molecule has 0 unspecified atom stereocenters. The first-order valence-corrected chi connectivity index (χ1v) is 7.60. The van der Waals surface area contributed by atoms with Gasteiger partial charge < -0.3 is 15.5 Å². The first-order valence-electron chi connectivity index (χ1n) is 7.60. The highest BCUT2D eigenvalue weighted by Crippen LogP contribution is 2.37. The highest BCUT2D eigenvalue weighted by atomic mass is 16.2. The molecule has 1 aliphatic heterocycles. The molecule has 1 aromatic carbocycles. The van der Waals surface area contributed by atoms with Crippen LogP contribution in [0, 0.1) is 11.8 Å². The average Bonchev–Trinajstić information content (AvgIpc) is 3.07. The lowest BCUT2D eigenvalue weighted by molar-refractivity contribution is -0.115. The number of urea groups is 1. The number of carbonyl (C=O) groups is 2. The van der Waals surface area contributed by atoms with Crippen molar-refractivity contribution in [2.75, 3.05) is 25.0 Å². The Balaban J connectivity index is 1.42. The SMILES string of the molecule is O=C(CNC(=O)N1C[C@H]2CCC[C@@H]2C1)Nc1ccccc1. The van der Waals surface area contributed by atoms with Gasteiger partial charge in [0.05, 0.1) is 6.54 Å². The maximum absolute atomic E-state index is 12.1. The fourth-order valence-corrected chi connectivity index (χ4v) is 3.40. The Morgan fingerprint density at radius 2 is 1.76 bits per heavy atom. The van der Waals surface area contributed by atoms with Crippen molar-refractivity contribution in [3.8, 4) is 0 Å². The molecule has 21 heavy (non-hydrogen) atoms. The van der Waals surface area contributed by atoms with Gasteiger partial charge >= 0.3 is 6.03 Å². The van der Waals surface area contributed by atoms with Crippen LogP contribution in [0.3, 0.4) is 0 Å². The number of anilines is 1. The molecule has 2 N–H and O–H groups in total. The molecule has 2 atom stereocenters. The van der Waals surface area contributed by atoms with Gasteiger partial charge in [-0.3, -0.25) is 4.79 Å². The van der Waals surface area contributed by atoms with Gasteiger partial charge in [0.15, 0.2) is 0 Å². The van der Waals surface area contributed by atoms with Crippen LogP contribution in [-0.2, 0) is 4.79 Å². The molecular formula is C16H21N3O2. The van der Waals surface area contributed by atoms with E-state index in [9.17, 15) is 9.59 Å². The molecule has 0 radical (unpaired) electrons. The van der Waals surface area contributed by atoms with Crippen LogP contribution in [-0.4, -0.2) is 36.5 Å². The summed E-state index contributed by atoms with van der Waals surface area (Å²) in [6, 6.07) is 9.13. The van der Waals surface area contributed by atoms with Gasteiger partial charge in [-0.1, -0.05) is 24.6 Å². The number of benzene rings is 1. The van der Waals surface area contributed by atoms with E-state index in [0.717, 1.165) is 18.8 Å². The molecule has 1 saturated carbocycles. The van der Waals surface area contributed by atoms with E-state index in [-0.39, 0.29) is 18.5 Å².